The van der Waals surface area contributed by atoms with Crippen LogP contribution in [0.15, 0.2) is 24.3 Å². The molecule has 0 amide bonds. The Labute approximate surface area is 115 Å². The third-order valence-corrected chi connectivity index (χ3v) is 2.28. The third kappa shape index (κ3) is 3.17. The van der Waals surface area contributed by atoms with Gasteiger partial charge in [-0.3, -0.25) is 0 Å². The molecule has 0 bridgehead atoms. The molecular weight excluding hydrogens is 292 g/mol. The van der Waals surface area contributed by atoms with Crippen LogP contribution in [0.3, 0.4) is 0 Å². The molecule has 0 aliphatic carbocycles. The Morgan fingerprint density at radius 1 is 1.24 bits per heavy atom. The van der Waals surface area contributed by atoms with Crippen LogP contribution < -0.4 is 10.5 Å². The summed E-state index contributed by atoms with van der Waals surface area (Å²) in [6, 6.07) is 5.95. The fourth-order valence-electron chi connectivity index (χ4n) is 1.43. The lowest BCUT2D eigenvalue weighted by atomic mass is 10.2. The van der Waals surface area contributed by atoms with Crippen LogP contribution in [0.1, 0.15) is 11.4 Å². The zero-order chi connectivity index (χ0) is 15.6. The quantitative estimate of drug-likeness (QED) is 0.862. The van der Waals surface area contributed by atoms with Crippen LogP contribution in [0.5, 0.6) is 11.6 Å². The normalized spacial score (nSPS) is 11.0. The van der Waals surface area contributed by atoms with Gasteiger partial charge < -0.3 is 10.5 Å². The van der Waals surface area contributed by atoms with Gasteiger partial charge in [-0.05, 0) is 12.1 Å². The molecule has 21 heavy (non-hydrogen) atoms. The van der Waals surface area contributed by atoms with Crippen molar-refractivity contribution in [3.8, 4) is 17.7 Å². The molecule has 0 saturated heterocycles. The Bertz CT molecular complexity index is 724. The summed E-state index contributed by atoms with van der Waals surface area (Å²) in [5, 5.41) is 8.81. The molecule has 0 spiro atoms. The molecule has 2 N–H and O–H groups in total. The summed E-state index contributed by atoms with van der Waals surface area (Å²) in [6.45, 7) is 0. The summed E-state index contributed by atoms with van der Waals surface area (Å²) >= 11 is 0. The fourth-order valence-corrected chi connectivity index (χ4v) is 1.43. The topological polar surface area (TPSA) is 84.8 Å². The largest absolute Gasteiger partial charge is 0.451 e. The Hall–Kier alpha value is -2.89. The highest BCUT2D eigenvalue weighted by atomic mass is 19.4. The molecule has 1 aromatic carbocycles. The van der Waals surface area contributed by atoms with E-state index in [-0.39, 0.29) is 5.75 Å². The van der Waals surface area contributed by atoms with Crippen LogP contribution in [-0.2, 0) is 6.18 Å². The fraction of sp³-hybridized carbons (Fsp3) is 0.0833. The SMILES string of the molecule is N#Cc1c(F)cccc1Oc1cc(N)nc(C(F)(F)F)n1. The molecule has 5 nitrogen and oxygen atoms in total. The lowest BCUT2D eigenvalue weighted by molar-refractivity contribution is -0.145. The van der Waals surface area contributed by atoms with Gasteiger partial charge in [0.15, 0.2) is 0 Å². The van der Waals surface area contributed by atoms with Crippen LogP contribution >= 0.6 is 0 Å². The lowest BCUT2D eigenvalue weighted by Gasteiger charge is -2.10. The first-order valence-corrected chi connectivity index (χ1v) is 5.39. The lowest BCUT2D eigenvalue weighted by Crippen LogP contribution is -2.13. The van der Waals surface area contributed by atoms with Crippen molar-refractivity contribution < 1.29 is 22.3 Å². The summed E-state index contributed by atoms with van der Waals surface area (Å²) in [5.74, 6) is -3.65. The number of nitrogens with zero attached hydrogens (tertiary/aromatic N) is 3. The number of aromatic nitrogens is 2. The van der Waals surface area contributed by atoms with Crippen molar-refractivity contribution in [1.29, 1.82) is 5.26 Å². The smallest absolute Gasteiger partial charge is 0.437 e. The van der Waals surface area contributed by atoms with E-state index in [1.165, 1.54) is 12.1 Å². The predicted molar refractivity (Wildman–Crippen MR) is 62.6 cm³/mol. The number of ether oxygens (including phenoxy) is 1. The molecule has 2 aromatic rings. The van der Waals surface area contributed by atoms with Crippen molar-refractivity contribution in [3.05, 3.63) is 41.5 Å². The predicted octanol–water partition coefficient (Wildman–Crippen LogP) is 2.88. The highest BCUT2D eigenvalue weighted by Gasteiger charge is 2.35. The van der Waals surface area contributed by atoms with Crippen LogP contribution in [0.2, 0.25) is 0 Å². The van der Waals surface area contributed by atoms with E-state index >= 15 is 0 Å². The van der Waals surface area contributed by atoms with E-state index < -0.39 is 35.1 Å². The minimum Gasteiger partial charge on any atom is -0.437 e. The van der Waals surface area contributed by atoms with Crippen LogP contribution in [0, 0.1) is 17.1 Å². The second-order valence-electron chi connectivity index (χ2n) is 3.78. The summed E-state index contributed by atoms with van der Waals surface area (Å²) in [6.07, 6.45) is -4.81. The molecular formula is C12H6F4N4O. The second-order valence-corrected chi connectivity index (χ2v) is 3.78. The van der Waals surface area contributed by atoms with E-state index in [1.54, 1.807) is 6.07 Å². The zero-order valence-electron chi connectivity index (χ0n) is 10.1. The molecule has 0 fully saturated rings. The number of nitriles is 1. The first-order chi connectivity index (χ1) is 9.81. The van der Waals surface area contributed by atoms with E-state index in [2.05, 4.69) is 9.97 Å². The number of hydrogen-bond donors (Lipinski definition) is 1. The van der Waals surface area contributed by atoms with Crippen molar-refractivity contribution in [2.75, 3.05) is 5.73 Å². The standard InChI is InChI=1S/C12H6F4N4O/c13-7-2-1-3-8(6(7)5-17)21-10-4-9(18)19-11(20-10)12(14,15)16/h1-4H,(H2,18,19,20). The Balaban J connectivity index is 2.44. The molecule has 0 aliphatic rings. The molecule has 1 aromatic heterocycles. The Morgan fingerprint density at radius 2 is 1.95 bits per heavy atom. The number of halogens is 4. The summed E-state index contributed by atoms with van der Waals surface area (Å²) in [7, 11) is 0. The molecule has 1 heterocycles. The van der Waals surface area contributed by atoms with Gasteiger partial charge in [-0.2, -0.15) is 23.4 Å². The highest BCUT2D eigenvalue weighted by Crippen LogP contribution is 2.31. The number of nitrogen functional groups attached to an aromatic ring is 1. The molecule has 2 rings (SSSR count). The van der Waals surface area contributed by atoms with Crippen molar-refractivity contribution in [1.82, 2.24) is 9.97 Å². The van der Waals surface area contributed by atoms with Gasteiger partial charge in [-0.25, -0.2) is 9.37 Å². The Morgan fingerprint density at radius 3 is 2.57 bits per heavy atom. The van der Waals surface area contributed by atoms with Gasteiger partial charge in [0.2, 0.25) is 11.7 Å². The molecule has 0 radical (unpaired) electrons. The first-order valence-electron chi connectivity index (χ1n) is 5.39. The van der Waals surface area contributed by atoms with Gasteiger partial charge in [0, 0.05) is 6.07 Å². The molecule has 0 atom stereocenters. The monoisotopic (exact) mass is 298 g/mol. The molecule has 0 unspecified atom stereocenters. The van der Waals surface area contributed by atoms with Gasteiger partial charge in [0.05, 0.1) is 0 Å². The van der Waals surface area contributed by atoms with Gasteiger partial charge in [-0.1, -0.05) is 6.07 Å². The van der Waals surface area contributed by atoms with Crippen LogP contribution in [0.25, 0.3) is 0 Å². The molecule has 0 saturated carbocycles. The number of rotatable bonds is 2. The summed E-state index contributed by atoms with van der Waals surface area (Å²) in [5.41, 5.74) is 4.78. The van der Waals surface area contributed by atoms with E-state index in [0.29, 0.717) is 0 Å². The average molecular weight is 298 g/mol. The first kappa shape index (κ1) is 14.5. The number of alkyl halides is 3. The van der Waals surface area contributed by atoms with Crippen molar-refractivity contribution >= 4 is 5.82 Å². The molecule has 0 aliphatic heterocycles. The number of hydrogen-bond acceptors (Lipinski definition) is 5. The van der Waals surface area contributed by atoms with E-state index in [4.69, 9.17) is 15.7 Å². The average Bonchev–Trinajstić information content (AvgIpc) is 2.37. The van der Waals surface area contributed by atoms with Crippen LogP contribution in [0.4, 0.5) is 23.4 Å². The summed E-state index contributed by atoms with van der Waals surface area (Å²) < 4.78 is 56.0. The third-order valence-electron chi connectivity index (χ3n) is 2.28. The van der Waals surface area contributed by atoms with Gasteiger partial charge in [0.25, 0.3) is 0 Å². The zero-order valence-corrected chi connectivity index (χ0v) is 10.1. The van der Waals surface area contributed by atoms with Gasteiger partial charge in [-0.15, -0.1) is 0 Å². The summed E-state index contributed by atoms with van der Waals surface area (Å²) in [4.78, 5) is 6.16. The maximum absolute atomic E-state index is 13.4. The minimum atomic E-state index is -4.81. The number of anilines is 1. The van der Waals surface area contributed by atoms with E-state index in [0.717, 1.165) is 12.1 Å². The van der Waals surface area contributed by atoms with E-state index in [1.807, 2.05) is 0 Å². The number of nitrogens with two attached hydrogens (primary N) is 1. The highest BCUT2D eigenvalue weighted by molar-refractivity contribution is 5.46. The maximum atomic E-state index is 13.4. The Kier molecular flexibility index (Phi) is 3.62. The van der Waals surface area contributed by atoms with Crippen molar-refractivity contribution in [3.63, 3.8) is 0 Å². The maximum Gasteiger partial charge on any atom is 0.451 e. The van der Waals surface area contributed by atoms with Crippen molar-refractivity contribution in [2.45, 2.75) is 6.18 Å². The van der Waals surface area contributed by atoms with Gasteiger partial charge in [0.1, 0.15) is 29.0 Å². The van der Waals surface area contributed by atoms with E-state index in [9.17, 15) is 17.6 Å². The number of benzene rings is 1. The molecule has 108 valence electrons. The molecule has 9 heteroatoms. The minimum absolute atomic E-state index is 0.274. The van der Waals surface area contributed by atoms with Crippen molar-refractivity contribution in [2.24, 2.45) is 0 Å². The second kappa shape index (κ2) is 5.24. The van der Waals surface area contributed by atoms with Gasteiger partial charge >= 0.3 is 6.18 Å². The van der Waals surface area contributed by atoms with Crippen LogP contribution in [-0.4, -0.2) is 9.97 Å².